The number of non-ortho nitro benzene ring substituents is 1. The number of carbonyl (C=O) groups is 2. The molecule has 2 amide bonds. The minimum atomic E-state index is -0.498. The van der Waals surface area contributed by atoms with Gasteiger partial charge in [-0.1, -0.05) is 30.3 Å². The van der Waals surface area contributed by atoms with E-state index in [0.717, 1.165) is 5.56 Å². The standard InChI is InChI=1S/C23H20N4O4/c1-15-7-3-4-8-19(15)22(28)24-21-10-6-5-9-20(21)23(29)26-25-16(2)17-11-13-18(14-12-17)27(30)31/h3-14H,1-2H3,(H,24,28)(H,26,29)/b25-16+. The first-order valence-electron chi connectivity index (χ1n) is 9.42. The summed E-state index contributed by atoms with van der Waals surface area (Å²) in [5, 5.41) is 17.6. The molecule has 0 heterocycles. The molecule has 0 atom stereocenters. The quantitative estimate of drug-likeness (QED) is 0.354. The number of aryl methyl sites for hydroxylation is 1. The molecule has 0 aliphatic carbocycles. The van der Waals surface area contributed by atoms with Crippen molar-refractivity contribution in [1.82, 2.24) is 5.43 Å². The van der Waals surface area contributed by atoms with Crippen LogP contribution in [0, 0.1) is 17.0 Å². The number of anilines is 1. The van der Waals surface area contributed by atoms with Crippen LogP contribution in [0.3, 0.4) is 0 Å². The lowest BCUT2D eigenvalue weighted by Crippen LogP contribution is -2.22. The predicted molar refractivity (Wildman–Crippen MR) is 118 cm³/mol. The number of hydrogen-bond acceptors (Lipinski definition) is 5. The fourth-order valence-electron chi connectivity index (χ4n) is 2.89. The van der Waals surface area contributed by atoms with E-state index in [1.807, 2.05) is 19.1 Å². The summed E-state index contributed by atoms with van der Waals surface area (Å²) < 4.78 is 0. The molecule has 0 fully saturated rings. The van der Waals surface area contributed by atoms with Crippen LogP contribution in [-0.2, 0) is 0 Å². The minimum absolute atomic E-state index is 0.0288. The number of benzene rings is 3. The number of nitro groups is 1. The van der Waals surface area contributed by atoms with Crippen molar-refractivity contribution in [1.29, 1.82) is 0 Å². The Morgan fingerprint density at radius 3 is 2.13 bits per heavy atom. The normalized spacial score (nSPS) is 11.0. The van der Waals surface area contributed by atoms with Crippen LogP contribution in [0.15, 0.2) is 77.9 Å². The third kappa shape index (κ3) is 5.18. The number of hydrogen-bond donors (Lipinski definition) is 2. The number of carbonyl (C=O) groups excluding carboxylic acids is 2. The summed E-state index contributed by atoms with van der Waals surface area (Å²) in [7, 11) is 0. The van der Waals surface area contributed by atoms with Crippen LogP contribution < -0.4 is 10.7 Å². The smallest absolute Gasteiger partial charge is 0.273 e. The summed E-state index contributed by atoms with van der Waals surface area (Å²) in [4.78, 5) is 35.6. The van der Waals surface area contributed by atoms with Crippen molar-refractivity contribution >= 4 is 28.9 Å². The summed E-state index contributed by atoms with van der Waals surface area (Å²) in [6.45, 7) is 3.51. The Morgan fingerprint density at radius 1 is 0.871 bits per heavy atom. The number of nitrogens with zero attached hydrogens (tertiary/aromatic N) is 2. The maximum absolute atomic E-state index is 12.7. The zero-order valence-electron chi connectivity index (χ0n) is 17.0. The molecule has 3 aromatic rings. The van der Waals surface area contributed by atoms with Crippen LogP contribution in [0.5, 0.6) is 0 Å². The van der Waals surface area contributed by atoms with Gasteiger partial charge in [0.2, 0.25) is 0 Å². The highest BCUT2D eigenvalue weighted by atomic mass is 16.6. The zero-order valence-corrected chi connectivity index (χ0v) is 17.0. The number of para-hydroxylation sites is 1. The zero-order chi connectivity index (χ0) is 22.4. The molecule has 2 N–H and O–H groups in total. The van der Waals surface area contributed by atoms with Gasteiger partial charge in [0.25, 0.3) is 17.5 Å². The first kappa shape index (κ1) is 21.4. The molecule has 3 aromatic carbocycles. The van der Waals surface area contributed by atoms with E-state index >= 15 is 0 Å². The number of hydrazone groups is 1. The molecule has 0 aromatic heterocycles. The van der Waals surface area contributed by atoms with Gasteiger partial charge in [0.15, 0.2) is 0 Å². The van der Waals surface area contributed by atoms with Crippen molar-refractivity contribution in [2.45, 2.75) is 13.8 Å². The second-order valence-electron chi connectivity index (χ2n) is 6.76. The van der Waals surface area contributed by atoms with Crippen molar-refractivity contribution in [3.63, 3.8) is 0 Å². The van der Waals surface area contributed by atoms with E-state index < -0.39 is 10.8 Å². The predicted octanol–water partition coefficient (Wildman–Crippen LogP) is 4.31. The summed E-state index contributed by atoms with van der Waals surface area (Å²) >= 11 is 0. The fraction of sp³-hybridized carbons (Fsp3) is 0.0870. The van der Waals surface area contributed by atoms with Gasteiger partial charge in [-0.15, -0.1) is 0 Å². The molecule has 8 heteroatoms. The second-order valence-corrected chi connectivity index (χ2v) is 6.76. The molecule has 0 bridgehead atoms. The number of nitrogens with one attached hydrogen (secondary N) is 2. The van der Waals surface area contributed by atoms with Gasteiger partial charge in [-0.3, -0.25) is 19.7 Å². The van der Waals surface area contributed by atoms with E-state index in [-0.39, 0.29) is 17.2 Å². The van der Waals surface area contributed by atoms with Gasteiger partial charge in [-0.05, 0) is 55.3 Å². The Morgan fingerprint density at radius 2 is 1.48 bits per heavy atom. The molecule has 156 valence electrons. The van der Waals surface area contributed by atoms with Gasteiger partial charge in [0.1, 0.15) is 0 Å². The Bertz CT molecular complexity index is 1170. The highest BCUT2D eigenvalue weighted by Crippen LogP contribution is 2.18. The molecule has 0 aliphatic heterocycles. The highest BCUT2D eigenvalue weighted by molar-refractivity contribution is 6.10. The molecule has 0 saturated carbocycles. The van der Waals surface area contributed by atoms with Gasteiger partial charge in [0, 0.05) is 17.7 Å². The molecule has 0 aliphatic rings. The molecule has 31 heavy (non-hydrogen) atoms. The number of rotatable bonds is 6. The average molecular weight is 416 g/mol. The van der Waals surface area contributed by atoms with Crippen LogP contribution in [0.4, 0.5) is 11.4 Å². The van der Waals surface area contributed by atoms with E-state index in [0.29, 0.717) is 22.5 Å². The van der Waals surface area contributed by atoms with Crippen molar-refractivity contribution in [2.75, 3.05) is 5.32 Å². The minimum Gasteiger partial charge on any atom is -0.321 e. The maximum Gasteiger partial charge on any atom is 0.273 e. The third-order valence-electron chi connectivity index (χ3n) is 4.63. The molecule has 0 unspecified atom stereocenters. The van der Waals surface area contributed by atoms with Crippen LogP contribution in [0.1, 0.15) is 38.8 Å². The fourth-order valence-corrected chi connectivity index (χ4v) is 2.89. The second kappa shape index (κ2) is 9.45. The molecule has 0 radical (unpaired) electrons. The summed E-state index contributed by atoms with van der Waals surface area (Å²) in [5.74, 6) is -0.814. The average Bonchev–Trinajstić information content (AvgIpc) is 2.78. The van der Waals surface area contributed by atoms with Gasteiger partial charge in [0.05, 0.1) is 21.9 Å². The molecule has 0 spiro atoms. The van der Waals surface area contributed by atoms with Crippen LogP contribution >= 0.6 is 0 Å². The number of amides is 2. The summed E-state index contributed by atoms with van der Waals surface area (Å²) in [6, 6.07) is 19.6. The van der Waals surface area contributed by atoms with Crippen molar-refractivity contribution in [3.8, 4) is 0 Å². The molecular formula is C23H20N4O4. The topological polar surface area (TPSA) is 114 Å². The SMILES string of the molecule is C/C(=N\NC(=O)c1ccccc1NC(=O)c1ccccc1C)c1ccc([N+](=O)[O-])cc1. The summed E-state index contributed by atoms with van der Waals surface area (Å²) in [6.07, 6.45) is 0. The van der Waals surface area contributed by atoms with Gasteiger partial charge < -0.3 is 5.32 Å². The Balaban J connectivity index is 1.75. The third-order valence-corrected chi connectivity index (χ3v) is 4.63. The van der Waals surface area contributed by atoms with Crippen LogP contribution in [0.2, 0.25) is 0 Å². The van der Waals surface area contributed by atoms with Gasteiger partial charge >= 0.3 is 0 Å². The first-order valence-corrected chi connectivity index (χ1v) is 9.42. The maximum atomic E-state index is 12.7. The van der Waals surface area contributed by atoms with Gasteiger partial charge in [-0.25, -0.2) is 5.43 Å². The molecule has 3 rings (SSSR count). The van der Waals surface area contributed by atoms with Crippen LogP contribution in [-0.4, -0.2) is 22.4 Å². The lowest BCUT2D eigenvalue weighted by Gasteiger charge is -2.11. The lowest BCUT2D eigenvalue weighted by atomic mass is 10.1. The first-order chi connectivity index (χ1) is 14.9. The van der Waals surface area contributed by atoms with E-state index in [1.165, 1.54) is 12.1 Å². The molecular weight excluding hydrogens is 396 g/mol. The van der Waals surface area contributed by atoms with Crippen molar-refractivity contribution in [2.24, 2.45) is 5.10 Å². The number of nitro benzene ring substituents is 1. The lowest BCUT2D eigenvalue weighted by molar-refractivity contribution is -0.384. The largest absolute Gasteiger partial charge is 0.321 e. The van der Waals surface area contributed by atoms with Crippen molar-refractivity contribution in [3.05, 3.63) is 105 Å². The Labute approximate surface area is 178 Å². The monoisotopic (exact) mass is 416 g/mol. The van der Waals surface area contributed by atoms with Gasteiger partial charge in [-0.2, -0.15) is 5.10 Å². The van der Waals surface area contributed by atoms with Crippen LogP contribution in [0.25, 0.3) is 0 Å². The highest BCUT2D eigenvalue weighted by Gasteiger charge is 2.15. The van der Waals surface area contributed by atoms with E-state index in [4.69, 9.17) is 0 Å². The Kier molecular flexibility index (Phi) is 6.51. The summed E-state index contributed by atoms with van der Waals surface area (Å²) in [5.41, 5.74) is 5.50. The van der Waals surface area contributed by atoms with Crippen molar-refractivity contribution < 1.29 is 14.5 Å². The molecule has 0 saturated heterocycles. The van der Waals surface area contributed by atoms with E-state index in [9.17, 15) is 19.7 Å². The van der Waals surface area contributed by atoms with E-state index in [2.05, 4.69) is 15.8 Å². The van der Waals surface area contributed by atoms with E-state index in [1.54, 1.807) is 55.5 Å². The Hall–Kier alpha value is -4.33. The molecule has 8 nitrogen and oxygen atoms in total.